The monoisotopic (exact) mass is 422 g/mol. The second-order valence-corrected chi connectivity index (χ2v) is 9.37. The number of thiophene rings is 1. The highest BCUT2D eigenvalue weighted by atomic mass is 32.2. The van der Waals surface area contributed by atoms with Crippen LogP contribution < -0.4 is 10.6 Å². The molecule has 3 rings (SSSR count). The van der Waals surface area contributed by atoms with Gasteiger partial charge in [0.05, 0.1) is 0 Å². The summed E-state index contributed by atoms with van der Waals surface area (Å²) < 4.78 is 27.2. The van der Waals surface area contributed by atoms with Crippen LogP contribution in [0, 0.1) is 0 Å². The zero-order chi connectivity index (χ0) is 20.1. The first-order valence-electron chi connectivity index (χ1n) is 8.78. The van der Waals surface area contributed by atoms with Crippen molar-refractivity contribution in [2.75, 3.05) is 33.2 Å². The zero-order valence-corrected chi connectivity index (χ0v) is 17.0. The summed E-state index contributed by atoms with van der Waals surface area (Å²) in [6.45, 7) is 1.31. The van der Waals surface area contributed by atoms with Gasteiger partial charge in [0.25, 0.3) is 10.0 Å². The van der Waals surface area contributed by atoms with Crippen molar-refractivity contribution in [2.24, 2.45) is 0 Å². The quantitative estimate of drug-likeness (QED) is 0.756. The molecule has 1 atom stereocenters. The molecule has 0 radical (unpaired) electrons. The molecule has 1 aliphatic rings. The van der Waals surface area contributed by atoms with Gasteiger partial charge in [-0.3, -0.25) is 15.0 Å². The Balaban J connectivity index is 1.76. The number of benzene rings is 1. The number of nitrogens with one attached hydrogen (secondary N) is 2. The highest BCUT2D eigenvalue weighted by molar-refractivity contribution is 7.91. The lowest BCUT2D eigenvalue weighted by Gasteiger charge is -2.37. The topological polar surface area (TPSA) is 98.8 Å². The summed E-state index contributed by atoms with van der Waals surface area (Å²) in [5.41, 5.74) is 0.749. The predicted molar refractivity (Wildman–Crippen MR) is 106 cm³/mol. The minimum Gasteiger partial charge on any atom is -0.341 e. The van der Waals surface area contributed by atoms with E-state index in [1.165, 1.54) is 22.7 Å². The number of imide groups is 1. The molecule has 0 bridgehead atoms. The van der Waals surface area contributed by atoms with Gasteiger partial charge in [-0.1, -0.05) is 36.4 Å². The number of piperazine rings is 1. The lowest BCUT2D eigenvalue weighted by atomic mass is 10.0. The molecule has 1 aromatic heterocycles. The molecule has 3 amide bonds. The molecule has 1 aliphatic heterocycles. The summed E-state index contributed by atoms with van der Waals surface area (Å²) in [5.74, 6) is -0.444. The van der Waals surface area contributed by atoms with E-state index in [0.717, 1.165) is 5.56 Å². The molecule has 1 saturated heterocycles. The molecule has 28 heavy (non-hydrogen) atoms. The Bertz CT molecular complexity index is 908. The van der Waals surface area contributed by atoms with Crippen molar-refractivity contribution in [3.8, 4) is 0 Å². The van der Waals surface area contributed by atoms with Crippen molar-refractivity contribution in [3.05, 3.63) is 53.4 Å². The Morgan fingerprint density at radius 3 is 2.29 bits per heavy atom. The molecule has 1 aromatic carbocycles. The standard InChI is InChI=1S/C18H22N4O4S2/c1-19-18(24)20-17(23)16(14-6-3-2-4-7-14)21-9-11-22(12-10-21)28(25,26)15-8-5-13-27-15/h2-8,13,16H,9-12H2,1H3,(H2,19,20,23,24)/t16-/m1/s1. The van der Waals surface area contributed by atoms with Crippen LogP contribution in [-0.2, 0) is 14.8 Å². The van der Waals surface area contributed by atoms with Crippen LogP contribution in [-0.4, -0.2) is 62.8 Å². The predicted octanol–water partition coefficient (Wildman–Crippen LogP) is 1.25. The van der Waals surface area contributed by atoms with Crippen molar-refractivity contribution in [3.63, 3.8) is 0 Å². The molecule has 1 fully saturated rings. The van der Waals surface area contributed by atoms with E-state index < -0.39 is 28.0 Å². The Labute approximate surface area is 168 Å². The highest BCUT2D eigenvalue weighted by Gasteiger charge is 2.35. The third kappa shape index (κ3) is 4.41. The summed E-state index contributed by atoms with van der Waals surface area (Å²) in [6.07, 6.45) is 0. The number of carbonyl (C=O) groups is 2. The Morgan fingerprint density at radius 2 is 1.71 bits per heavy atom. The van der Waals surface area contributed by atoms with Gasteiger partial charge in [0.15, 0.2) is 0 Å². The van der Waals surface area contributed by atoms with Crippen LogP contribution in [0.5, 0.6) is 0 Å². The van der Waals surface area contributed by atoms with Crippen LogP contribution in [0.3, 0.4) is 0 Å². The summed E-state index contributed by atoms with van der Waals surface area (Å²) in [4.78, 5) is 26.2. The van der Waals surface area contributed by atoms with Gasteiger partial charge in [0.1, 0.15) is 10.3 Å². The van der Waals surface area contributed by atoms with Gasteiger partial charge in [-0.2, -0.15) is 4.31 Å². The number of urea groups is 1. The molecule has 0 aliphatic carbocycles. The number of amides is 3. The number of carbonyl (C=O) groups excluding carboxylic acids is 2. The smallest absolute Gasteiger partial charge is 0.321 e. The van der Waals surface area contributed by atoms with E-state index in [4.69, 9.17) is 0 Å². The van der Waals surface area contributed by atoms with Gasteiger partial charge in [-0.25, -0.2) is 13.2 Å². The van der Waals surface area contributed by atoms with E-state index in [1.807, 2.05) is 35.2 Å². The molecular formula is C18H22N4O4S2. The van der Waals surface area contributed by atoms with Crippen LogP contribution >= 0.6 is 11.3 Å². The van der Waals surface area contributed by atoms with E-state index in [1.54, 1.807) is 17.5 Å². The Morgan fingerprint density at radius 1 is 1.04 bits per heavy atom. The molecule has 8 nitrogen and oxygen atoms in total. The molecule has 0 spiro atoms. The molecule has 2 heterocycles. The normalized spacial score (nSPS) is 17.0. The van der Waals surface area contributed by atoms with Crippen LogP contribution in [0.15, 0.2) is 52.1 Å². The van der Waals surface area contributed by atoms with E-state index in [9.17, 15) is 18.0 Å². The van der Waals surface area contributed by atoms with Crippen LogP contribution in [0.25, 0.3) is 0 Å². The maximum atomic E-state index is 12.7. The fourth-order valence-electron chi connectivity index (χ4n) is 3.15. The maximum Gasteiger partial charge on any atom is 0.321 e. The van der Waals surface area contributed by atoms with Crippen LogP contribution in [0.1, 0.15) is 11.6 Å². The van der Waals surface area contributed by atoms with E-state index in [0.29, 0.717) is 17.3 Å². The molecule has 0 unspecified atom stereocenters. The number of sulfonamides is 1. The second-order valence-electron chi connectivity index (χ2n) is 6.25. The van der Waals surface area contributed by atoms with Crippen LogP contribution in [0.2, 0.25) is 0 Å². The third-order valence-electron chi connectivity index (χ3n) is 4.56. The summed E-state index contributed by atoms with van der Waals surface area (Å²) in [5, 5.41) is 6.43. The molecular weight excluding hydrogens is 400 g/mol. The SMILES string of the molecule is CNC(=O)NC(=O)[C@@H](c1ccccc1)N1CCN(S(=O)(=O)c2cccs2)CC1. The van der Waals surface area contributed by atoms with Gasteiger partial charge < -0.3 is 5.32 Å². The van der Waals surface area contributed by atoms with Gasteiger partial charge in [0, 0.05) is 33.2 Å². The summed E-state index contributed by atoms with van der Waals surface area (Å²) in [6, 6.07) is 11.2. The van der Waals surface area contributed by atoms with E-state index in [-0.39, 0.29) is 13.1 Å². The number of nitrogens with zero attached hydrogens (tertiary/aromatic N) is 2. The fourth-order valence-corrected chi connectivity index (χ4v) is 5.71. The first-order chi connectivity index (χ1) is 13.4. The van der Waals surface area contributed by atoms with Crippen molar-refractivity contribution >= 4 is 33.3 Å². The average molecular weight is 423 g/mol. The van der Waals surface area contributed by atoms with E-state index >= 15 is 0 Å². The lowest BCUT2D eigenvalue weighted by Crippen LogP contribution is -2.53. The molecule has 150 valence electrons. The lowest BCUT2D eigenvalue weighted by molar-refractivity contribution is -0.126. The number of hydrogen-bond donors (Lipinski definition) is 2. The maximum absolute atomic E-state index is 12.7. The Hall–Kier alpha value is -2.27. The van der Waals surface area contributed by atoms with Gasteiger partial charge >= 0.3 is 6.03 Å². The molecule has 10 heteroatoms. The van der Waals surface area contributed by atoms with Crippen molar-refractivity contribution in [1.29, 1.82) is 0 Å². The third-order valence-corrected chi connectivity index (χ3v) is 7.83. The van der Waals surface area contributed by atoms with Gasteiger partial charge in [-0.15, -0.1) is 11.3 Å². The highest BCUT2D eigenvalue weighted by Crippen LogP contribution is 2.26. The zero-order valence-electron chi connectivity index (χ0n) is 15.4. The summed E-state index contributed by atoms with van der Waals surface area (Å²) >= 11 is 1.19. The second kappa shape index (κ2) is 8.82. The molecule has 2 N–H and O–H groups in total. The van der Waals surface area contributed by atoms with Crippen molar-refractivity contribution in [1.82, 2.24) is 19.8 Å². The Kier molecular flexibility index (Phi) is 6.45. The number of hydrogen-bond acceptors (Lipinski definition) is 6. The average Bonchev–Trinajstić information content (AvgIpc) is 3.25. The van der Waals surface area contributed by atoms with Gasteiger partial charge in [0.2, 0.25) is 5.91 Å². The first-order valence-corrected chi connectivity index (χ1v) is 11.1. The first kappa shape index (κ1) is 20.5. The largest absolute Gasteiger partial charge is 0.341 e. The summed E-state index contributed by atoms with van der Waals surface area (Å²) in [7, 11) is -2.08. The fraction of sp³-hybridized carbons (Fsp3) is 0.333. The van der Waals surface area contributed by atoms with Crippen LogP contribution in [0.4, 0.5) is 4.79 Å². The minimum absolute atomic E-state index is 0.275. The number of rotatable bonds is 5. The van der Waals surface area contributed by atoms with Crippen molar-refractivity contribution < 1.29 is 18.0 Å². The van der Waals surface area contributed by atoms with Gasteiger partial charge in [-0.05, 0) is 17.0 Å². The minimum atomic E-state index is -3.52. The molecule has 2 aromatic rings. The molecule has 0 saturated carbocycles. The van der Waals surface area contributed by atoms with E-state index in [2.05, 4.69) is 10.6 Å². The van der Waals surface area contributed by atoms with Crippen molar-refractivity contribution in [2.45, 2.75) is 10.3 Å².